The summed E-state index contributed by atoms with van der Waals surface area (Å²) < 4.78 is 0. The normalized spacial score (nSPS) is 5.14. The minimum absolute atomic E-state index is 0. The van der Waals surface area contributed by atoms with Gasteiger partial charge in [-0.1, -0.05) is 0 Å². The Labute approximate surface area is 85.5 Å². The summed E-state index contributed by atoms with van der Waals surface area (Å²) in [6, 6.07) is 0. The summed E-state index contributed by atoms with van der Waals surface area (Å²) in [6.07, 6.45) is -0.167. The van der Waals surface area contributed by atoms with Gasteiger partial charge in [0.05, 0.1) is 0 Å². The predicted molar refractivity (Wildman–Crippen MR) is 24.2 cm³/mol. The van der Waals surface area contributed by atoms with E-state index < -0.39 is 0 Å². The summed E-state index contributed by atoms with van der Waals surface area (Å²) in [4.78, 5) is 0. The van der Waals surface area contributed by atoms with Crippen LogP contribution < -0.4 is 29.6 Å². The molecule has 0 heterocycles. The first kappa shape index (κ1) is 23.3. The van der Waals surface area contributed by atoms with Gasteiger partial charge in [-0.15, -0.1) is 0 Å². The van der Waals surface area contributed by atoms with Gasteiger partial charge < -0.3 is 6.53 Å². The molecular weight excluding hydrogens is 134 g/mol. The molecule has 0 rings (SSSR count). The molecule has 0 saturated carbocycles. The predicted octanol–water partition coefficient (Wildman–Crippen LogP) is -2.88. The van der Waals surface area contributed by atoms with Gasteiger partial charge in [-0.25, -0.2) is 0 Å². The topological polar surface area (TPSA) is 20.2 Å². The van der Waals surface area contributed by atoms with Crippen molar-refractivity contribution in [2.24, 2.45) is 0 Å². The van der Waals surface area contributed by atoms with E-state index in [-0.39, 0.29) is 67.2 Å². The second kappa shape index (κ2) is 15.6. The summed E-state index contributed by atoms with van der Waals surface area (Å²) in [5.74, 6) is 0. The molecule has 0 aromatic carbocycles. The molecule has 7 heavy (non-hydrogen) atoms. The molecule has 0 aromatic rings. The number of aliphatic hydroxyl groups excluding tert-OH is 1. The number of hydrogen-bond donors (Lipinski definition) is 1. The number of aliphatic hydroxyl groups is 1. The van der Waals surface area contributed by atoms with Crippen molar-refractivity contribution >= 4 is 8.41 Å². The molecule has 1 nitrogen and oxygen atoms in total. The van der Waals surface area contributed by atoms with E-state index in [4.69, 9.17) is 5.11 Å². The fourth-order valence-corrected chi connectivity index (χ4v) is 0. The van der Waals surface area contributed by atoms with Crippen LogP contribution in [0.25, 0.3) is 0 Å². The Hall–Kier alpha value is 1.74. The smallest absolute Gasteiger partial charge is 1.00 e. The van der Waals surface area contributed by atoms with Gasteiger partial charge in [-0.3, -0.25) is 0 Å². The fourth-order valence-electron chi connectivity index (χ4n) is 0. The van der Waals surface area contributed by atoms with E-state index in [1.165, 1.54) is 0 Å². The zero-order chi connectivity index (χ0) is 3.58. The van der Waals surface area contributed by atoms with E-state index in [1.807, 2.05) is 0 Å². The molecule has 0 aliphatic rings. The van der Waals surface area contributed by atoms with Crippen molar-refractivity contribution in [2.45, 2.75) is 20.0 Å². The molecule has 0 fully saturated rings. The number of hydrogen-bond acceptors (Lipinski definition) is 1. The third kappa shape index (κ3) is 84.3. The van der Waals surface area contributed by atoms with Crippen molar-refractivity contribution in [1.29, 1.82) is 0 Å². The molecule has 0 aromatic heterocycles. The van der Waals surface area contributed by atoms with Gasteiger partial charge in [0.15, 0.2) is 0 Å². The van der Waals surface area contributed by atoms with Crippen LogP contribution in [0.15, 0.2) is 0 Å². The average molecular weight is 143 g/mol. The Kier molecular flexibility index (Phi) is 52.1. The van der Waals surface area contributed by atoms with Gasteiger partial charge in [0, 0.05) is 36.2 Å². The Morgan fingerprint density at radius 2 is 1.43 bits per heavy atom. The summed E-state index contributed by atoms with van der Waals surface area (Å²) in [6.45, 7) is 3.44. The molecule has 0 bridgehead atoms. The Bertz CT molecular complexity index is 24.0. The van der Waals surface area contributed by atoms with Gasteiger partial charge in [-0.2, -0.15) is 0 Å². The van der Waals surface area contributed by atoms with Crippen molar-refractivity contribution in [1.82, 2.24) is 0 Å². The molecule has 35 valence electrons. The quantitative estimate of drug-likeness (QED) is 0.361. The largest absolute Gasteiger partial charge is 1.00 e. The molecule has 4 heteroatoms. The third-order valence-corrected chi connectivity index (χ3v) is 0. The molecule has 0 aliphatic heterocycles. The maximum absolute atomic E-state index is 8.06. The average Bonchev–Trinajstić information content (AvgIpc) is 0.811. The summed E-state index contributed by atoms with van der Waals surface area (Å²) in [5, 5.41) is 8.06. The molecule has 0 amide bonds. The molecule has 0 aliphatic carbocycles. The Morgan fingerprint density at radius 1 is 1.43 bits per heavy atom. The summed E-state index contributed by atoms with van der Waals surface area (Å²) in [7, 11) is 0. The monoisotopic (exact) mass is 143 g/mol. The van der Waals surface area contributed by atoms with E-state index in [9.17, 15) is 0 Å². The molecule has 0 unspecified atom stereocenters. The minimum Gasteiger partial charge on any atom is -1.00 e. The van der Waals surface area contributed by atoms with Crippen molar-refractivity contribution in [3.8, 4) is 0 Å². The van der Waals surface area contributed by atoms with Crippen LogP contribution in [0.4, 0.5) is 0 Å². The maximum atomic E-state index is 8.06. The SMILES string of the molecule is CC(C)O.[B].[H-].[Na+].[Ti]. The van der Waals surface area contributed by atoms with E-state index in [0.29, 0.717) is 0 Å². The first-order valence-electron chi connectivity index (χ1n) is 1.41. The second-order valence-corrected chi connectivity index (χ2v) is 1.09. The molecular formula is C3H9BNaOTi. The van der Waals surface area contributed by atoms with Gasteiger partial charge >= 0.3 is 29.6 Å². The van der Waals surface area contributed by atoms with E-state index in [2.05, 4.69) is 0 Å². The summed E-state index contributed by atoms with van der Waals surface area (Å²) >= 11 is 0. The molecule has 3 radical (unpaired) electrons. The standard InChI is InChI=1S/C3H8O.B.Na.Ti.H/c1-3(2)4;;;;/h3-4H,1-2H3;;;;/q;;+1;;-1. The zero-order valence-corrected chi connectivity index (χ0v) is 8.66. The Balaban J connectivity index is -0.00000000750. The second-order valence-electron chi connectivity index (χ2n) is 1.09. The van der Waals surface area contributed by atoms with Crippen LogP contribution in [0.2, 0.25) is 0 Å². The number of rotatable bonds is 0. The maximum Gasteiger partial charge on any atom is 1.00 e. The Morgan fingerprint density at radius 3 is 1.43 bits per heavy atom. The van der Waals surface area contributed by atoms with E-state index in [0.717, 1.165) is 0 Å². The van der Waals surface area contributed by atoms with Crippen LogP contribution in [0.3, 0.4) is 0 Å². The van der Waals surface area contributed by atoms with Gasteiger partial charge in [0.1, 0.15) is 0 Å². The third-order valence-electron chi connectivity index (χ3n) is 0. The minimum atomic E-state index is -0.167. The molecule has 0 atom stereocenters. The van der Waals surface area contributed by atoms with Crippen LogP contribution in [-0.4, -0.2) is 19.6 Å². The fraction of sp³-hybridized carbons (Fsp3) is 1.00. The van der Waals surface area contributed by atoms with Gasteiger partial charge in [0.25, 0.3) is 0 Å². The van der Waals surface area contributed by atoms with Crippen LogP contribution in [-0.2, 0) is 21.7 Å². The first-order valence-corrected chi connectivity index (χ1v) is 1.41. The molecule has 0 spiro atoms. The van der Waals surface area contributed by atoms with Crippen molar-refractivity contribution < 1.29 is 57.8 Å². The molecule has 0 saturated heterocycles. The van der Waals surface area contributed by atoms with Crippen LogP contribution >= 0.6 is 0 Å². The van der Waals surface area contributed by atoms with Crippen LogP contribution in [0.5, 0.6) is 0 Å². The van der Waals surface area contributed by atoms with Crippen LogP contribution in [0, 0.1) is 0 Å². The van der Waals surface area contributed by atoms with Gasteiger partial charge in [0.2, 0.25) is 0 Å². The zero-order valence-electron chi connectivity index (χ0n) is 6.10. The summed E-state index contributed by atoms with van der Waals surface area (Å²) in [5.41, 5.74) is 0. The van der Waals surface area contributed by atoms with Gasteiger partial charge in [-0.05, 0) is 13.8 Å². The van der Waals surface area contributed by atoms with Crippen molar-refractivity contribution in [3.05, 3.63) is 0 Å². The first-order chi connectivity index (χ1) is 1.73. The van der Waals surface area contributed by atoms with E-state index in [1.54, 1.807) is 13.8 Å². The van der Waals surface area contributed by atoms with Crippen molar-refractivity contribution in [3.63, 3.8) is 0 Å². The van der Waals surface area contributed by atoms with E-state index >= 15 is 0 Å². The van der Waals surface area contributed by atoms with Crippen molar-refractivity contribution in [2.75, 3.05) is 0 Å². The van der Waals surface area contributed by atoms with Crippen LogP contribution in [0.1, 0.15) is 15.3 Å². The molecule has 1 N–H and O–H groups in total.